The minimum atomic E-state index is -0.940. The molecule has 0 heterocycles. The van der Waals surface area contributed by atoms with Crippen LogP contribution in [0.1, 0.15) is 23.7 Å². The Balaban J connectivity index is 2.90. The van der Waals surface area contributed by atoms with Crippen molar-refractivity contribution in [1.82, 2.24) is 0 Å². The largest absolute Gasteiger partial charge is 0.390 e. The van der Waals surface area contributed by atoms with Crippen LogP contribution in [0.3, 0.4) is 0 Å². The second kappa shape index (κ2) is 5.75. The molecule has 0 aromatic heterocycles. The molecule has 0 saturated carbocycles. The molecule has 2 nitrogen and oxygen atoms in total. The summed E-state index contributed by atoms with van der Waals surface area (Å²) in [6.07, 6.45) is -1.32. The highest BCUT2D eigenvalue weighted by atomic mass is 35.5. The summed E-state index contributed by atoms with van der Waals surface area (Å²) in [6.45, 7) is 1.86. The third kappa shape index (κ3) is 3.11. The quantitative estimate of drug-likeness (QED) is 0.714. The van der Waals surface area contributed by atoms with Crippen LogP contribution < -0.4 is 0 Å². The maximum atomic E-state index is 9.86. The van der Waals surface area contributed by atoms with Crippen LogP contribution >= 0.6 is 24.2 Å². The molecule has 2 unspecified atom stereocenters. The Morgan fingerprint density at radius 1 is 1.40 bits per heavy atom. The van der Waals surface area contributed by atoms with Crippen LogP contribution in [-0.4, -0.2) is 22.1 Å². The Labute approximate surface area is 100 Å². The van der Waals surface area contributed by atoms with Crippen molar-refractivity contribution in [2.75, 3.05) is 5.75 Å². The van der Waals surface area contributed by atoms with Crippen LogP contribution in [0.25, 0.3) is 0 Å². The summed E-state index contributed by atoms with van der Waals surface area (Å²) in [5.74, 6) is 0.529. The highest BCUT2D eigenvalue weighted by Gasteiger charge is 2.20. The number of hydrogen-bond acceptors (Lipinski definition) is 3. The molecule has 1 aromatic carbocycles. The summed E-state index contributed by atoms with van der Waals surface area (Å²) >= 11 is 10.1. The van der Waals surface area contributed by atoms with Crippen molar-refractivity contribution < 1.29 is 10.2 Å². The summed E-state index contributed by atoms with van der Waals surface area (Å²) < 4.78 is 0. The van der Waals surface area contributed by atoms with Gasteiger partial charge in [0.15, 0.2) is 0 Å². The molecule has 0 radical (unpaired) electrons. The summed E-state index contributed by atoms with van der Waals surface area (Å²) in [5, 5.41) is 20.0. The lowest BCUT2D eigenvalue weighted by Gasteiger charge is -2.19. The van der Waals surface area contributed by atoms with Crippen LogP contribution in [0, 0.1) is 6.92 Å². The smallest absolute Gasteiger partial charge is 0.106 e. The number of halogens is 1. The zero-order valence-corrected chi connectivity index (χ0v) is 10.2. The molecule has 0 bridgehead atoms. The van der Waals surface area contributed by atoms with Gasteiger partial charge in [0.2, 0.25) is 0 Å². The van der Waals surface area contributed by atoms with Crippen molar-refractivity contribution >= 4 is 24.2 Å². The maximum Gasteiger partial charge on any atom is 0.106 e. The minimum Gasteiger partial charge on any atom is -0.390 e. The SMILES string of the molecule is Cc1cccc(C(O)C(O)CCS)c1Cl. The van der Waals surface area contributed by atoms with E-state index in [2.05, 4.69) is 12.6 Å². The van der Waals surface area contributed by atoms with Gasteiger partial charge in [-0.05, 0) is 24.7 Å². The number of aliphatic hydroxyl groups excluding tert-OH is 2. The molecule has 0 aliphatic heterocycles. The first-order valence-corrected chi connectivity index (χ1v) is 5.81. The second-order valence-corrected chi connectivity index (χ2v) is 4.33. The average molecular weight is 247 g/mol. The summed E-state index contributed by atoms with van der Waals surface area (Å²) in [5.41, 5.74) is 1.47. The number of hydrogen-bond donors (Lipinski definition) is 3. The Morgan fingerprint density at radius 2 is 2.07 bits per heavy atom. The molecule has 0 saturated heterocycles. The molecule has 15 heavy (non-hydrogen) atoms. The standard InChI is InChI=1S/C11H15ClO2S/c1-7-3-2-4-8(10(7)12)11(14)9(13)5-6-15/h2-4,9,11,13-15H,5-6H2,1H3. The second-order valence-electron chi connectivity index (χ2n) is 3.50. The van der Waals surface area contributed by atoms with E-state index >= 15 is 0 Å². The van der Waals surface area contributed by atoms with E-state index in [9.17, 15) is 10.2 Å². The van der Waals surface area contributed by atoms with Crippen LogP contribution in [0.2, 0.25) is 5.02 Å². The normalized spacial score (nSPS) is 15.0. The van der Waals surface area contributed by atoms with Gasteiger partial charge in [0.25, 0.3) is 0 Å². The Morgan fingerprint density at radius 3 is 2.67 bits per heavy atom. The van der Waals surface area contributed by atoms with Crippen molar-refractivity contribution in [3.63, 3.8) is 0 Å². The molecule has 84 valence electrons. The van der Waals surface area contributed by atoms with Crippen molar-refractivity contribution in [2.24, 2.45) is 0 Å². The molecule has 2 atom stereocenters. The molecule has 1 rings (SSSR count). The fourth-order valence-corrected chi connectivity index (χ4v) is 1.90. The minimum absolute atomic E-state index is 0.439. The van der Waals surface area contributed by atoms with Crippen molar-refractivity contribution in [3.05, 3.63) is 34.3 Å². The van der Waals surface area contributed by atoms with Gasteiger partial charge in [0.1, 0.15) is 6.10 Å². The van der Waals surface area contributed by atoms with Crippen LogP contribution in [-0.2, 0) is 0 Å². The Kier molecular flexibility index (Phi) is 4.93. The predicted octanol–water partition coefficient (Wildman–Crippen LogP) is 2.36. The highest BCUT2D eigenvalue weighted by molar-refractivity contribution is 7.80. The zero-order chi connectivity index (χ0) is 11.4. The van der Waals surface area contributed by atoms with Gasteiger partial charge < -0.3 is 10.2 Å². The molecule has 0 fully saturated rings. The zero-order valence-electron chi connectivity index (χ0n) is 8.52. The molecule has 0 spiro atoms. The van der Waals surface area contributed by atoms with Crippen LogP contribution in [0.15, 0.2) is 18.2 Å². The number of rotatable bonds is 4. The van der Waals surface area contributed by atoms with E-state index in [-0.39, 0.29) is 0 Å². The lowest BCUT2D eigenvalue weighted by atomic mass is 10.0. The van der Waals surface area contributed by atoms with Gasteiger partial charge in [-0.3, -0.25) is 0 Å². The number of aliphatic hydroxyl groups is 2. The van der Waals surface area contributed by atoms with E-state index in [0.717, 1.165) is 5.56 Å². The molecule has 1 aromatic rings. The fourth-order valence-electron chi connectivity index (χ4n) is 1.40. The van der Waals surface area contributed by atoms with Crippen molar-refractivity contribution in [1.29, 1.82) is 0 Å². The first-order valence-electron chi connectivity index (χ1n) is 4.80. The van der Waals surface area contributed by atoms with E-state index in [1.807, 2.05) is 19.1 Å². The van der Waals surface area contributed by atoms with E-state index in [4.69, 9.17) is 11.6 Å². The first kappa shape index (κ1) is 12.8. The molecule has 2 N–H and O–H groups in total. The Hall–Kier alpha value is -0.220. The molecule has 4 heteroatoms. The van der Waals surface area contributed by atoms with E-state index < -0.39 is 12.2 Å². The lowest BCUT2D eigenvalue weighted by molar-refractivity contribution is 0.0173. The topological polar surface area (TPSA) is 40.5 Å². The number of aryl methyl sites for hydroxylation is 1. The Bertz CT molecular complexity index is 330. The van der Waals surface area contributed by atoms with Crippen molar-refractivity contribution in [2.45, 2.75) is 25.6 Å². The van der Waals surface area contributed by atoms with Crippen LogP contribution in [0.5, 0.6) is 0 Å². The van der Waals surface area contributed by atoms with Gasteiger partial charge in [-0.25, -0.2) is 0 Å². The predicted molar refractivity (Wildman–Crippen MR) is 65.6 cm³/mol. The summed E-state index contributed by atoms with van der Waals surface area (Å²) in [7, 11) is 0. The van der Waals surface area contributed by atoms with Gasteiger partial charge in [0, 0.05) is 10.6 Å². The molecular formula is C11H15ClO2S. The van der Waals surface area contributed by atoms with E-state index in [0.29, 0.717) is 22.8 Å². The third-order valence-corrected chi connectivity index (χ3v) is 3.10. The average Bonchev–Trinajstić information content (AvgIpc) is 2.21. The van der Waals surface area contributed by atoms with Gasteiger partial charge in [-0.1, -0.05) is 29.8 Å². The lowest BCUT2D eigenvalue weighted by Crippen LogP contribution is -2.19. The van der Waals surface area contributed by atoms with Gasteiger partial charge >= 0.3 is 0 Å². The van der Waals surface area contributed by atoms with Gasteiger partial charge in [0.05, 0.1) is 6.10 Å². The number of benzene rings is 1. The monoisotopic (exact) mass is 246 g/mol. The summed E-state index contributed by atoms with van der Waals surface area (Å²) in [6, 6.07) is 5.40. The van der Waals surface area contributed by atoms with Gasteiger partial charge in [-0.15, -0.1) is 0 Å². The molecule has 0 aliphatic carbocycles. The first-order chi connectivity index (χ1) is 7.07. The highest BCUT2D eigenvalue weighted by Crippen LogP contribution is 2.28. The van der Waals surface area contributed by atoms with E-state index in [1.54, 1.807) is 6.07 Å². The molecule has 0 aliphatic rings. The molecule has 0 amide bonds. The third-order valence-electron chi connectivity index (χ3n) is 2.33. The summed E-state index contributed by atoms with van der Waals surface area (Å²) in [4.78, 5) is 0. The maximum absolute atomic E-state index is 9.86. The van der Waals surface area contributed by atoms with Gasteiger partial charge in [-0.2, -0.15) is 12.6 Å². The van der Waals surface area contributed by atoms with Crippen LogP contribution in [0.4, 0.5) is 0 Å². The molecular weight excluding hydrogens is 232 g/mol. The fraction of sp³-hybridized carbons (Fsp3) is 0.455. The van der Waals surface area contributed by atoms with E-state index in [1.165, 1.54) is 0 Å². The number of thiol groups is 1. The van der Waals surface area contributed by atoms with Crippen molar-refractivity contribution in [3.8, 4) is 0 Å².